The van der Waals surface area contributed by atoms with Crippen LogP contribution < -0.4 is 5.32 Å². The third-order valence-electron chi connectivity index (χ3n) is 2.90. The van der Waals surface area contributed by atoms with Crippen molar-refractivity contribution in [3.63, 3.8) is 0 Å². The number of carbonyl (C=O) groups excluding carboxylic acids is 1. The predicted molar refractivity (Wildman–Crippen MR) is 76.0 cm³/mol. The lowest BCUT2D eigenvalue weighted by Gasteiger charge is -2.10. The highest BCUT2D eigenvalue weighted by molar-refractivity contribution is 6.29. The minimum atomic E-state index is -4.58. The first-order valence-electron chi connectivity index (χ1n) is 6.39. The van der Waals surface area contributed by atoms with Gasteiger partial charge in [0.15, 0.2) is 12.1 Å². The molecule has 0 aliphatic carbocycles. The average Bonchev–Trinajstić information content (AvgIpc) is 2.47. The molecule has 23 heavy (non-hydrogen) atoms. The van der Waals surface area contributed by atoms with Gasteiger partial charge in [0.1, 0.15) is 16.8 Å². The van der Waals surface area contributed by atoms with Crippen molar-refractivity contribution in [3.05, 3.63) is 52.2 Å². The highest BCUT2D eigenvalue weighted by atomic mass is 35.5. The normalized spacial score (nSPS) is 11.3. The number of anilines is 1. The van der Waals surface area contributed by atoms with Crippen LogP contribution in [0.2, 0.25) is 5.15 Å². The van der Waals surface area contributed by atoms with Gasteiger partial charge in [0, 0.05) is 12.6 Å². The molecule has 0 fully saturated rings. The Morgan fingerprint density at radius 3 is 2.57 bits per heavy atom. The molecule has 1 aromatic heterocycles. The van der Waals surface area contributed by atoms with Gasteiger partial charge < -0.3 is 5.32 Å². The first kappa shape index (κ1) is 17.1. The standard InChI is InChI=1S/C14H10ClF4N3O/c15-11-6-12(22-13(7-23)21-11)20-4-3-8-1-2-9(5-10(8)16)14(17,18)19/h1-2,5-7H,3-4H2,(H,20,21,22). The lowest BCUT2D eigenvalue weighted by Crippen LogP contribution is -2.10. The summed E-state index contributed by atoms with van der Waals surface area (Å²) in [6.07, 6.45) is -4.03. The summed E-state index contributed by atoms with van der Waals surface area (Å²) in [5.74, 6) is -0.781. The number of aldehydes is 1. The first-order valence-corrected chi connectivity index (χ1v) is 6.76. The van der Waals surface area contributed by atoms with Crippen LogP contribution in [0.1, 0.15) is 21.7 Å². The average molecular weight is 348 g/mol. The minimum absolute atomic E-state index is 0.0605. The van der Waals surface area contributed by atoms with E-state index in [1.54, 1.807) is 0 Å². The maximum atomic E-state index is 13.7. The number of nitrogens with zero attached hydrogens (tertiary/aromatic N) is 2. The van der Waals surface area contributed by atoms with Crippen LogP contribution >= 0.6 is 11.6 Å². The van der Waals surface area contributed by atoms with Crippen molar-refractivity contribution in [2.24, 2.45) is 0 Å². The van der Waals surface area contributed by atoms with Gasteiger partial charge in [-0.25, -0.2) is 14.4 Å². The molecule has 0 aliphatic heterocycles. The molecule has 1 heterocycles. The van der Waals surface area contributed by atoms with Crippen LogP contribution in [0, 0.1) is 5.82 Å². The molecule has 2 rings (SSSR count). The molecule has 0 saturated carbocycles. The van der Waals surface area contributed by atoms with Crippen LogP contribution in [0.4, 0.5) is 23.4 Å². The Kier molecular flexibility index (Phi) is 5.15. The van der Waals surface area contributed by atoms with Gasteiger partial charge in [-0.05, 0) is 24.1 Å². The Labute approximate surface area is 133 Å². The Hall–Kier alpha value is -2.22. The Morgan fingerprint density at radius 2 is 1.96 bits per heavy atom. The zero-order valence-corrected chi connectivity index (χ0v) is 12.2. The van der Waals surface area contributed by atoms with E-state index in [1.165, 1.54) is 6.07 Å². The zero-order valence-electron chi connectivity index (χ0n) is 11.5. The summed E-state index contributed by atoms with van der Waals surface area (Å²) < 4.78 is 51.0. The number of carbonyl (C=O) groups is 1. The van der Waals surface area contributed by atoms with Gasteiger partial charge in [0.2, 0.25) is 0 Å². The minimum Gasteiger partial charge on any atom is -0.370 e. The lowest BCUT2D eigenvalue weighted by molar-refractivity contribution is -0.137. The van der Waals surface area contributed by atoms with Gasteiger partial charge in [-0.15, -0.1) is 0 Å². The van der Waals surface area contributed by atoms with E-state index in [-0.39, 0.29) is 35.3 Å². The van der Waals surface area contributed by atoms with Crippen molar-refractivity contribution in [3.8, 4) is 0 Å². The third kappa shape index (κ3) is 4.62. The van der Waals surface area contributed by atoms with Crippen LogP contribution in [0.5, 0.6) is 0 Å². The number of rotatable bonds is 5. The van der Waals surface area contributed by atoms with Gasteiger partial charge in [0.05, 0.1) is 5.56 Å². The van der Waals surface area contributed by atoms with Crippen molar-refractivity contribution in [1.29, 1.82) is 0 Å². The molecular weight excluding hydrogens is 338 g/mol. The van der Waals surface area contributed by atoms with Crippen LogP contribution in [0.3, 0.4) is 0 Å². The highest BCUT2D eigenvalue weighted by Crippen LogP contribution is 2.30. The van der Waals surface area contributed by atoms with E-state index >= 15 is 0 Å². The molecule has 1 N–H and O–H groups in total. The molecule has 122 valence electrons. The second-order valence-corrected chi connectivity index (χ2v) is 4.92. The monoisotopic (exact) mass is 347 g/mol. The summed E-state index contributed by atoms with van der Waals surface area (Å²) in [7, 11) is 0. The third-order valence-corrected chi connectivity index (χ3v) is 3.09. The fourth-order valence-corrected chi connectivity index (χ4v) is 2.02. The van der Waals surface area contributed by atoms with Crippen molar-refractivity contribution < 1.29 is 22.4 Å². The maximum absolute atomic E-state index is 13.7. The van der Waals surface area contributed by atoms with Crippen LogP contribution in [-0.2, 0) is 12.6 Å². The second kappa shape index (κ2) is 6.91. The van der Waals surface area contributed by atoms with E-state index in [9.17, 15) is 22.4 Å². The second-order valence-electron chi connectivity index (χ2n) is 4.53. The molecule has 0 atom stereocenters. The van der Waals surface area contributed by atoms with Crippen LogP contribution in [-0.4, -0.2) is 22.8 Å². The summed E-state index contributed by atoms with van der Waals surface area (Å²) in [5, 5.41) is 2.86. The lowest BCUT2D eigenvalue weighted by atomic mass is 10.1. The Morgan fingerprint density at radius 1 is 1.22 bits per heavy atom. The fraction of sp³-hybridized carbons (Fsp3) is 0.214. The van der Waals surface area contributed by atoms with E-state index < -0.39 is 17.6 Å². The van der Waals surface area contributed by atoms with Gasteiger partial charge in [0.25, 0.3) is 0 Å². The number of benzene rings is 1. The van der Waals surface area contributed by atoms with E-state index in [2.05, 4.69) is 15.3 Å². The number of hydrogen-bond acceptors (Lipinski definition) is 4. The fourth-order valence-electron chi connectivity index (χ4n) is 1.83. The van der Waals surface area contributed by atoms with Gasteiger partial charge in [-0.2, -0.15) is 13.2 Å². The molecule has 4 nitrogen and oxygen atoms in total. The zero-order chi connectivity index (χ0) is 17.0. The summed E-state index contributed by atoms with van der Waals surface area (Å²) in [6.45, 7) is 0.188. The molecule has 0 radical (unpaired) electrons. The Balaban J connectivity index is 2.02. The number of halogens is 5. The predicted octanol–water partition coefficient (Wildman–Crippen LogP) is 3.76. The van der Waals surface area contributed by atoms with Crippen molar-refractivity contribution in [2.75, 3.05) is 11.9 Å². The number of aromatic nitrogens is 2. The SMILES string of the molecule is O=Cc1nc(Cl)cc(NCCc2ccc(C(F)(F)F)cc2F)n1. The van der Waals surface area contributed by atoms with E-state index in [4.69, 9.17) is 11.6 Å². The summed E-state index contributed by atoms with van der Waals surface area (Å²) in [6, 6.07) is 3.74. The van der Waals surface area contributed by atoms with E-state index in [1.807, 2.05) is 0 Å². The first-order chi connectivity index (χ1) is 10.8. The van der Waals surface area contributed by atoms with Gasteiger partial charge in [-0.1, -0.05) is 17.7 Å². The van der Waals surface area contributed by atoms with Gasteiger partial charge >= 0.3 is 6.18 Å². The molecular formula is C14H10ClF4N3O. The molecule has 0 spiro atoms. The molecule has 0 bridgehead atoms. The Bertz CT molecular complexity index is 722. The summed E-state index contributed by atoms with van der Waals surface area (Å²) >= 11 is 5.69. The molecule has 0 unspecified atom stereocenters. The van der Waals surface area contributed by atoms with Crippen molar-refractivity contribution in [2.45, 2.75) is 12.6 Å². The van der Waals surface area contributed by atoms with Gasteiger partial charge in [-0.3, -0.25) is 4.79 Å². The van der Waals surface area contributed by atoms with Crippen molar-refractivity contribution >= 4 is 23.7 Å². The maximum Gasteiger partial charge on any atom is 0.416 e. The van der Waals surface area contributed by atoms with Crippen molar-refractivity contribution in [1.82, 2.24) is 9.97 Å². The number of nitrogens with one attached hydrogen (secondary N) is 1. The molecule has 0 amide bonds. The number of hydrogen-bond donors (Lipinski definition) is 1. The molecule has 0 saturated heterocycles. The molecule has 0 aliphatic rings. The van der Waals surface area contributed by atoms with E-state index in [0.29, 0.717) is 12.4 Å². The molecule has 1 aromatic carbocycles. The topological polar surface area (TPSA) is 54.9 Å². The van der Waals surface area contributed by atoms with Crippen LogP contribution in [0.15, 0.2) is 24.3 Å². The number of alkyl halides is 3. The largest absolute Gasteiger partial charge is 0.416 e. The molecule has 9 heteroatoms. The molecule has 2 aromatic rings. The van der Waals surface area contributed by atoms with Crippen LogP contribution in [0.25, 0.3) is 0 Å². The quantitative estimate of drug-likeness (QED) is 0.508. The highest BCUT2D eigenvalue weighted by Gasteiger charge is 2.31. The van der Waals surface area contributed by atoms with E-state index in [0.717, 1.165) is 12.1 Å². The summed E-state index contributed by atoms with van der Waals surface area (Å²) in [5.41, 5.74) is -0.911. The smallest absolute Gasteiger partial charge is 0.370 e. The summed E-state index contributed by atoms with van der Waals surface area (Å²) in [4.78, 5) is 18.1.